The van der Waals surface area contributed by atoms with Crippen LogP contribution in [0.3, 0.4) is 0 Å². The first-order valence-electron chi connectivity index (χ1n) is 18.8. The summed E-state index contributed by atoms with van der Waals surface area (Å²) in [6, 6.07) is 0. The molecular formula is C37H70NO8P. The van der Waals surface area contributed by atoms with Crippen molar-refractivity contribution in [3.63, 3.8) is 0 Å². The van der Waals surface area contributed by atoms with E-state index in [9.17, 15) is 19.0 Å². The van der Waals surface area contributed by atoms with Gasteiger partial charge in [0.1, 0.15) is 6.61 Å². The third kappa shape index (κ3) is 34.2. The number of rotatable bonds is 35. The summed E-state index contributed by atoms with van der Waals surface area (Å²) < 4.78 is 32.6. The SMILES string of the molecule is CCCCC/C=C/C/C=C/CCCCCCCC(=O)O[C@H](COC(=O)CCCCCCCCCCCCC)COP(=O)(O)OCCN. The Morgan fingerprint density at radius 2 is 1.11 bits per heavy atom. The summed E-state index contributed by atoms with van der Waals surface area (Å²) in [7, 11) is -4.37. The predicted octanol–water partition coefficient (Wildman–Crippen LogP) is 10.0. The molecule has 0 aliphatic carbocycles. The number of hydrogen-bond donors (Lipinski definition) is 2. The zero-order valence-electron chi connectivity index (χ0n) is 30.0. The zero-order chi connectivity index (χ0) is 34.7. The largest absolute Gasteiger partial charge is 0.472 e. The van der Waals surface area contributed by atoms with Gasteiger partial charge >= 0.3 is 19.8 Å². The number of carbonyl (C=O) groups excluding carboxylic acids is 2. The van der Waals surface area contributed by atoms with E-state index in [0.29, 0.717) is 6.42 Å². The third-order valence-corrected chi connectivity index (χ3v) is 8.82. The van der Waals surface area contributed by atoms with Crippen molar-refractivity contribution < 1.29 is 37.6 Å². The highest BCUT2D eigenvalue weighted by Crippen LogP contribution is 2.43. The highest BCUT2D eigenvalue weighted by molar-refractivity contribution is 7.47. The molecule has 3 N–H and O–H groups in total. The van der Waals surface area contributed by atoms with Crippen LogP contribution in [0.2, 0.25) is 0 Å². The molecule has 0 spiro atoms. The molecule has 0 amide bonds. The Morgan fingerprint density at radius 3 is 1.66 bits per heavy atom. The van der Waals surface area contributed by atoms with Gasteiger partial charge in [0, 0.05) is 19.4 Å². The Bertz CT molecular complexity index is 835. The number of nitrogens with two attached hydrogens (primary N) is 1. The standard InChI is InChI=1S/C37H70NO8P/c1-3-5-7-9-11-13-15-16-17-18-20-22-24-26-28-30-37(40)46-35(34-45-47(41,42)44-32-31-38)33-43-36(39)29-27-25-23-21-19-14-12-10-8-6-4-2/h11,13,16-17,35H,3-10,12,14-15,18-34,38H2,1-2H3,(H,41,42)/b13-11+,17-16+/t35-/m1/s1. The van der Waals surface area contributed by atoms with Crippen molar-refractivity contribution in [2.24, 2.45) is 5.73 Å². The number of carbonyl (C=O) groups is 2. The van der Waals surface area contributed by atoms with Crippen LogP contribution in [-0.4, -0.2) is 49.3 Å². The van der Waals surface area contributed by atoms with Crippen LogP contribution in [0.1, 0.15) is 168 Å². The van der Waals surface area contributed by atoms with E-state index in [1.54, 1.807) is 0 Å². The average Bonchev–Trinajstić information content (AvgIpc) is 3.05. The lowest BCUT2D eigenvalue weighted by Crippen LogP contribution is -2.29. The molecule has 9 nitrogen and oxygen atoms in total. The summed E-state index contributed by atoms with van der Waals surface area (Å²) in [6.45, 7) is 3.67. The normalized spacial score (nSPS) is 13.7. The Hall–Kier alpha value is -1.51. The van der Waals surface area contributed by atoms with Gasteiger partial charge < -0.3 is 20.1 Å². The lowest BCUT2D eigenvalue weighted by molar-refractivity contribution is -0.161. The maximum atomic E-state index is 12.5. The maximum absolute atomic E-state index is 12.5. The zero-order valence-corrected chi connectivity index (χ0v) is 30.9. The van der Waals surface area contributed by atoms with Gasteiger partial charge in [-0.05, 0) is 44.9 Å². The van der Waals surface area contributed by atoms with E-state index < -0.39 is 26.5 Å². The molecule has 0 fully saturated rings. The Balaban J connectivity index is 4.25. The molecule has 0 bridgehead atoms. The number of phosphoric ester groups is 1. The molecule has 276 valence electrons. The highest BCUT2D eigenvalue weighted by atomic mass is 31.2. The molecule has 2 atom stereocenters. The molecule has 0 aromatic heterocycles. The minimum Gasteiger partial charge on any atom is -0.462 e. The van der Waals surface area contributed by atoms with Crippen LogP contribution in [0.25, 0.3) is 0 Å². The fourth-order valence-corrected chi connectivity index (χ4v) is 5.78. The fraction of sp³-hybridized carbons (Fsp3) is 0.838. The fourth-order valence-electron chi connectivity index (χ4n) is 5.02. The number of ether oxygens (including phenoxy) is 2. The topological polar surface area (TPSA) is 134 Å². The second-order valence-electron chi connectivity index (χ2n) is 12.4. The average molecular weight is 688 g/mol. The van der Waals surface area contributed by atoms with Gasteiger partial charge in [-0.1, -0.05) is 134 Å². The van der Waals surface area contributed by atoms with Gasteiger partial charge in [-0.25, -0.2) is 4.57 Å². The van der Waals surface area contributed by atoms with Crippen LogP contribution in [0.15, 0.2) is 24.3 Å². The van der Waals surface area contributed by atoms with E-state index in [-0.39, 0.29) is 38.6 Å². The number of phosphoric acid groups is 1. The minimum atomic E-state index is -4.37. The molecule has 0 saturated carbocycles. The van der Waals surface area contributed by atoms with E-state index in [1.807, 2.05) is 0 Å². The van der Waals surface area contributed by atoms with Gasteiger partial charge in [-0.3, -0.25) is 18.6 Å². The molecule has 0 aromatic rings. The summed E-state index contributed by atoms with van der Waals surface area (Å²) >= 11 is 0. The lowest BCUT2D eigenvalue weighted by atomic mass is 10.1. The maximum Gasteiger partial charge on any atom is 0.472 e. The van der Waals surface area contributed by atoms with Gasteiger partial charge in [0.05, 0.1) is 13.2 Å². The van der Waals surface area contributed by atoms with Crippen LogP contribution in [0, 0.1) is 0 Å². The van der Waals surface area contributed by atoms with E-state index >= 15 is 0 Å². The first-order chi connectivity index (χ1) is 22.8. The molecule has 0 heterocycles. The summed E-state index contributed by atoms with van der Waals surface area (Å²) in [4.78, 5) is 34.6. The van der Waals surface area contributed by atoms with Crippen molar-refractivity contribution in [3.8, 4) is 0 Å². The van der Waals surface area contributed by atoms with Gasteiger partial charge in [0.15, 0.2) is 6.10 Å². The van der Waals surface area contributed by atoms with Gasteiger partial charge in [-0.15, -0.1) is 0 Å². The monoisotopic (exact) mass is 687 g/mol. The van der Waals surface area contributed by atoms with Gasteiger partial charge in [0.2, 0.25) is 0 Å². The van der Waals surface area contributed by atoms with Crippen molar-refractivity contribution in [2.45, 2.75) is 174 Å². The van der Waals surface area contributed by atoms with E-state index in [4.69, 9.17) is 24.3 Å². The van der Waals surface area contributed by atoms with Crippen molar-refractivity contribution in [2.75, 3.05) is 26.4 Å². The van der Waals surface area contributed by atoms with Crippen molar-refractivity contribution in [1.29, 1.82) is 0 Å². The van der Waals surface area contributed by atoms with E-state index in [0.717, 1.165) is 57.8 Å². The minimum absolute atomic E-state index is 0.0521. The molecule has 0 aromatic carbocycles. The molecule has 47 heavy (non-hydrogen) atoms. The number of esters is 2. The smallest absolute Gasteiger partial charge is 0.462 e. The van der Waals surface area contributed by atoms with Gasteiger partial charge in [0.25, 0.3) is 0 Å². The lowest BCUT2D eigenvalue weighted by Gasteiger charge is -2.19. The van der Waals surface area contributed by atoms with Crippen LogP contribution >= 0.6 is 7.82 Å². The summed E-state index contributed by atoms with van der Waals surface area (Å²) in [5.41, 5.74) is 5.32. The summed E-state index contributed by atoms with van der Waals surface area (Å²) in [6.07, 6.45) is 33.5. The second-order valence-corrected chi connectivity index (χ2v) is 13.9. The molecule has 0 aliphatic rings. The van der Waals surface area contributed by atoms with Crippen LogP contribution in [0.5, 0.6) is 0 Å². The van der Waals surface area contributed by atoms with Crippen molar-refractivity contribution in [1.82, 2.24) is 0 Å². The molecule has 0 saturated heterocycles. The molecule has 1 unspecified atom stereocenters. The van der Waals surface area contributed by atoms with Crippen LogP contribution in [-0.2, 0) is 32.7 Å². The number of allylic oxidation sites excluding steroid dienone is 4. The Kier molecular flexibility index (Phi) is 33.3. The van der Waals surface area contributed by atoms with Crippen molar-refractivity contribution >= 4 is 19.8 Å². The van der Waals surface area contributed by atoms with Crippen LogP contribution in [0.4, 0.5) is 0 Å². The molecule has 0 aliphatic heterocycles. The first-order valence-corrected chi connectivity index (χ1v) is 20.3. The third-order valence-electron chi connectivity index (χ3n) is 7.84. The number of unbranched alkanes of at least 4 members (excludes halogenated alkanes) is 18. The van der Waals surface area contributed by atoms with E-state index in [1.165, 1.54) is 77.0 Å². The highest BCUT2D eigenvalue weighted by Gasteiger charge is 2.25. The van der Waals surface area contributed by atoms with Gasteiger partial charge in [-0.2, -0.15) is 0 Å². The van der Waals surface area contributed by atoms with Crippen molar-refractivity contribution in [3.05, 3.63) is 24.3 Å². The molecule has 0 rings (SSSR count). The second kappa shape index (κ2) is 34.4. The summed E-state index contributed by atoms with van der Waals surface area (Å²) in [5.74, 6) is -0.844. The molecule has 10 heteroatoms. The molecular weight excluding hydrogens is 617 g/mol. The number of hydrogen-bond acceptors (Lipinski definition) is 8. The quantitative estimate of drug-likeness (QED) is 0.0289. The summed E-state index contributed by atoms with van der Waals surface area (Å²) in [5, 5.41) is 0. The van der Waals surface area contributed by atoms with Crippen LogP contribution < -0.4 is 5.73 Å². The van der Waals surface area contributed by atoms with E-state index in [2.05, 4.69) is 38.2 Å². The Labute approximate surface area is 287 Å². The Morgan fingerprint density at radius 1 is 0.638 bits per heavy atom. The predicted molar refractivity (Wildman–Crippen MR) is 192 cm³/mol. The molecule has 0 radical (unpaired) electrons. The first kappa shape index (κ1) is 45.5.